The molecule has 0 radical (unpaired) electrons. The molecule has 0 saturated carbocycles. The van der Waals surface area contributed by atoms with E-state index in [0.717, 1.165) is 16.9 Å². The Balaban J connectivity index is 0.00000264. The molecule has 0 amide bonds. The number of nitrogens with zero attached hydrogens (tertiary/aromatic N) is 1. The number of sulfonamides is 1. The average molecular weight is 363 g/mol. The van der Waals surface area contributed by atoms with Crippen LogP contribution in [0.2, 0.25) is 0 Å². The normalized spacial score (nSPS) is 19.5. The Morgan fingerprint density at radius 2 is 2.00 bits per heavy atom. The van der Waals surface area contributed by atoms with E-state index in [2.05, 4.69) is 5.32 Å². The van der Waals surface area contributed by atoms with Crippen LogP contribution in [-0.2, 0) is 10.0 Å². The Hall–Kier alpha value is -0.820. The third-order valence-corrected chi connectivity index (χ3v) is 6.11. The average Bonchev–Trinajstić information content (AvgIpc) is 2.46. The Morgan fingerprint density at radius 1 is 1.35 bits per heavy atom. The highest BCUT2D eigenvalue weighted by Crippen LogP contribution is 2.32. The van der Waals surface area contributed by atoms with E-state index < -0.39 is 10.0 Å². The number of hydrogen-bond donors (Lipinski definition) is 1. The quantitative estimate of drug-likeness (QED) is 0.894. The molecule has 23 heavy (non-hydrogen) atoms. The van der Waals surface area contributed by atoms with Crippen molar-refractivity contribution in [1.82, 2.24) is 9.62 Å². The molecular formula is C16H27ClN2O3S. The molecular weight excluding hydrogens is 336 g/mol. The smallest absolute Gasteiger partial charge is 0.243 e. The molecule has 2 rings (SSSR count). The molecule has 7 heteroatoms. The minimum Gasteiger partial charge on any atom is -0.496 e. The zero-order valence-corrected chi connectivity index (χ0v) is 16.1. The Kier molecular flexibility index (Phi) is 6.89. The summed E-state index contributed by atoms with van der Waals surface area (Å²) in [6.07, 6.45) is 0. The number of ether oxygens (including phenoxy) is 1. The SMILES string of the molecule is COc1cc(C)c(S(=O)(=O)N2CCNC(C)C2)cc1C(C)C.Cl. The molecule has 132 valence electrons. The van der Waals surface area contributed by atoms with Gasteiger partial charge in [-0.1, -0.05) is 13.8 Å². The molecule has 0 spiro atoms. The van der Waals surface area contributed by atoms with Crippen molar-refractivity contribution < 1.29 is 13.2 Å². The first-order valence-electron chi connectivity index (χ1n) is 7.69. The van der Waals surface area contributed by atoms with E-state index in [1.165, 1.54) is 0 Å². The molecule has 1 heterocycles. The van der Waals surface area contributed by atoms with Crippen LogP contribution in [0.1, 0.15) is 37.8 Å². The van der Waals surface area contributed by atoms with Crippen molar-refractivity contribution in [3.05, 3.63) is 23.3 Å². The molecule has 1 aromatic rings. The van der Waals surface area contributed by atoms with Crippen LogP contribution >= 0.6 is 12.4 Å². The van der Waals surface area contributed by atoms with E-state index in [4.69, 9.17) is 4.74 Å². The topological polar surface area (TPSA) is 58.6 Å². The van der Waals surface area contributed by atoms with Crippen LogP contribution in [0.25, 0.3) is 0 Å². The van der Waals surface area contributed by atoms with Crippen molar-refractivity contribution in [1.29, 1.82) is 0 Å². The fourth-order valence-electron chi connectivity index (χ4n) is 2.84. The van der Waals surface area contributed by atoms with Gasteiger partial charge in [0.05, 0.1) is 12.0 Å². The fourth-order valence-corrected chi connectivity index (χ4v) is 4.61. The highest BCUT2D eigenvalue weighted by Gasteiger charge is 2.30. The standard InChI is InChI=1S/C16H26N2O3S.ClH/c1-11(2)14-9-16(12(3)8-15(14)21-5)22(19,20)18-7-6-17-13(4)10-18;/h8-9,11,13,17H,6-7,10H2,1-5H3;1H. The van der Waals surface area contributed by atoms with E-state index in [9.17, 15) is 8.42 Å². The Labute approximate surface area is 145 Å². The fraction of sp³-hybridized carbons (Fsp3) is 0.625. The van der Waals surface area contributed by atoms with Gasteiger partial charge in [-0.3, -0.25) is 0 Å². The molecule has 0 bridgehead atoms. The van der Waals surface area contributed by atoms with Gasteiger partial charge in [0.15, 0.2) is 0 Å². The van der Waals surface area contributed by atoms with Crippen LogP contribution in [0.4, 0.5) is 0 Å². The van der Waals surface area contributed by atoms with Gasteiger partial charge in [0, 0.05) is 25.7 Å². The predicted octanol–water partition coefficient (Wildman–Crippen LogP) is 2.53. The second-order valence-electron chi connectivity index (χ2n) is 6.23. The van der Waals surface area contributed by atoms with Gasteiger partial charge in [-0.2, -0.15) is 4.31 Å². The first-order chi connectivity index (χ1) is 10.3. The van der Waals surface area contributed by atoms with E-state index in [0.29, 0.717) is 24.5 Å². The van der Waals surface area contributed by atoms with Crippen molar-refractivity contribution in [3.8, 4) is 5.75 Å². The zero-order valence-electron chi connectivity index (χ0n) is 14.4. The van der Waals surface area contributed by atoms with E-state index in [-0.39, 0.29) is 24.4 Å². The summed E-state index contributed by atoms with van der Waals surface area (Å²) in [5, 5.41) is 3.27. The van der Waals surface area contributed by atoms with Gasteiger partial charge in [0.2, 0.25) is 10.0 Å². The summed E-state index contributed by atoms with van der Waals surface area (Å²) in [4.78, 5) is 0.395. The van der Waals surface area contributed by atoms with E-state index in [1.807, 2.05) is 33.8 Å². The maximum atomic E-state index is 13.0. The van der Waals surface area contributed by atoms with Crippen molar-refractivity contribution in [2.45, 2.75) is 44.6 Å². The molecule has 1 aliphatic heterocycles. The molecule has 1 fully saturated rings. The maximum absolute atomic E-state index is 13.0. The summed E-state index contributed by atoms with van der Waals surface area (Å²) < 4.78 is 32.9. The van der Waals surface area contributed by atoms with Gasteiger partial charge in [-0.05, 0) is 43.0 Å². The lowest BCUT2D eigenvalue weighted by Crippen LogP contribution is -2.51. The van der Waals surface area contributed by atoms with Gasteiger partial charge < -0.3 is 10.1 Å². The number of rotatable bonds is 4. The van der Waals surface area contributed by atoms with Crippen molar-refractivity contribution in [2.75, 3.05) is 26.7 Å². The number of nitrogens with one attached hydrogen (secondary N) is 1. The summed E-state index contributed by atoms with van der Waals surface area (Å²) in [5.74, 6) is 0.951. The van der Waals surface area contributed by atoms with Gasteiger partial charge in [-0.25, -0.2) is 8.42 Å². The molecule has 1 aliphatic rings. The van der Waals surface area contributed by atoms with Crippen molar-refractivity contribution >= 4 is 22.4 Å². The van der Waals surface area contributed by atoms with Crippen LogP contribution in [-0.4, -0.2) is 45.5 Å². The maximum Gasteiger partial charge on any atom is 0.243 e. The van der Waals surface area contributed by atoms with Crippen molar-refractivity contribution in [3.63, 3.8) is 0 Å². The molecule has 0 aliphatic carbocycles. The van der Waals surface area contributed by atoms with E-state index >= 15 is 0 Å². The van der Waals surface area contributed by atoms with Crippen LogP contribution in [0.15, 0.2) is 17.0 Å². The highest BCUT2D eigenvalue weighted by molar-refractivity contribution is 7.89. The minimum absolute atomic E-state index is 0. The lowest BCUT2D eigenvalue weighted by molar-refractivity contribution is 0.310. The Morgan fingerprint density at radius 3 is 2.52 bits per heavy atom. The summed E-state index contributed by atoms with van der Waals surface area (Å²) in [7, 11) is -1.85. The molecule has 1 atom stereocenters. The minimum atomic E-state index is -3.47. The monoisotopic (exact) mass is 362 g/mol. The van der Waals surface area contributed by atoms with Crippen LogP contribution in [0.3, 0.4) is 0 Å². The molecule has 1 saturated heterocycles. The summed E-state index contributed by atoms with van der Waals surface area (Å²) in [6.45, 7) is 9.60. The largest absolute Gasteiger partial charge is 0.496 e. The lowest BCUT2D eigenvalue weighted by atomic mass is 10.0. The van der Waals surface area contributed by atoms with Gasteiger partial charge in [-0.15, -0.1) is 12.4 Å². The molecule has 0 aromatic heterocycles. The summed E-state index contributed by atoms with van der Waals surface area (Å²) in [5.41, 5.74) is 1.65. The van der Waals surface area contributed by atoms with Crippen LogP contribution in [0, 0.1) is 6.92 Å². The number of hydrogen-bond acceptors (Lipinski definition) is 4. The van der Waals surface area contributed by atoms with Gasteiger partial charge in [0.1, 0.15) is 5.75 Å². The molecule has 1 aromatic carbocycles. The van der Waals surface area contributed by atoms with E-state index in [1.54, 1.807) is 17.5 Å². The molecule has 1 N–H and O–H groups in total. The second-order valence-corrected chi connectivity index (χ2v) is 8.14. The first-order valence-corrected chi connectivity index (χ1v) is 9.13. The van der Waals surface area contributed by atoms with Crippen LogP contribution < -0.4 is 10.1 Å². The number of methoxy groups -OCH3 is 1. The van der Waals surface area contributed by atoms with Gasteiger partial charge >= 0.3 is 0 Å². The number of halogens is 1. The number of aryl methyl sites for hydroxylation is 1. The number of piperazine rings is 1. The first kappa shape index (κ1) is 20.2. The van der Waals surface area contributed by atoms with Crippen LogP contribution in [0.5, 0.6) is 5.75 Å². The number of benzene rings is 1. The summed E-state index contributed by atoms with van der Waals surface area (Å²) in [6, 6.07) is 3.78. The third kappa shape index (κ3) is 4.18. The highest BCUT2D eigenvalue weighted by atomic mass is 35.5. The third-order valence-electron chi connectivity index (χ3n) is 4.10. The molecule has 5 nitrogen and oxygen atoms in total. The van der Waals surface area contributed by atoms with Crippen molar-refractivity contribution in [2.24, 2.45) is 0 Å². The summed E-state index contributed by atoms with van der Waals surface area (Å²) >= 11 is 0. The second kappa shape index (κ2) is 7.83. The molecule has 1 unspecified atom stereocenters. The Bertz CT molecular complexity index is 647. The van der Waals surface area contributed by atoms with Gasteiger partial charge in [0.25, 0.3) is 0 Å². The lowest BCUT2D eigenvalue weighted by Gasteiger charge is -2.31. The zero-order chi connectivity index (χ0) is 16.5. The predicted molar refractivity (Wildman–Crippen MR) is 95.3 cm³/mol.